The molecule has 0 radical (unpaired) electrons. The smallest absolute Gasteiger partial charge is 0.228 e. The lowest BCUT2D eigenvalue weighted by Gasteiger charge is -2.36. The van der Waals surface area contributed by atoms with E-state index in [2.05, 4.69) is 32.7 Å². The Morgan fingerprint density at radius 3 is 2.96 bits per heavy atom. The molecule has 2 bridgehead atoms. The second-order valence-electron chi connectivity index (χ2n) is 7.99. The third-order valence-electron chi connectivity index (χ3n) is 6.41. The van der Waals surface area contributed by atoms with E-state index < -0.39 is 0 Å². The average Bonchev–Trinajstić information content (AvgIpc) is 3.43. The van der Waals surface area contributed by atoms with E-state index in [4.69, 9.17) is 4.74 Å². The van der Waals surface area contributed by atoms with Crippen molar-refractivity contribution in [1.29, 1.82) is 0 Å². The van der Waals surface area contributed by atoms with Crippen molar-refractivity contribution in [3.05, 3.63) is 52.5 Å². The summed E-state index contributed by atoms with van der Waals surface area (Å²) < 4.78 is 5.32. The predicted octanol–water partition coefficient (Wildman–Crippen LogP) is 2.91. The first kappa shape index (κ1) is 19.6. The maximum atomic E-state index is 13.5. The lowest BCUT2D eigenvalue weighted by molar-refractivity contribution is -0.133. The van der Waals surface area contributed by atoms with Gasteiger partial charge in [-0.1, -0.05) is 30.3 Å². The van der Waals surface area contributed by atoms with Gasteiger partial charge in [0.2, 0.25) is 5.91 Å². The Kier molecular flexibility index (Phi) is 6.09. The number of hydrogen-bond donors (Lipinski definition) is 1. The molecule has 0 saturated carbocycles. The molecule has 6 heteroatoms. The normalized spacial score (nSPS) is 26.6. The fourth-order valence-electron chi connectivity index (χ4n) is 5.14. The SMILES string of the molecule is COCCN1[C@@H]2CC[C@H]1[C@@](Cc1cscn1)(C(=O)NCCc1ccccc1)C2. The molecule has 2 saturated heterocycles. The molecule has 1 aromatic carbocycles. The lowest BCUT2D eigenvalue weighted by atomic mass is 9.70. The van der Waals surface area contributed by atoms with Crippen molar-refractivity contribution in [1.82, 2.24) is 15.2 Å². The van der Waals surface area contributed by atoms with Crippen LogP contribution in [0.15, 0.2) is 41.2 Å². The first-order valence-electron chi connectivity index (χ1n) is 10.2. The molecular formula is C22H29N3O2S. The Bertz CT molecular complexity index is 767. The van der Waals surface area contributed by atoms with Crippen LogP contribution in [0.25, 0.3) is 0 Å². The number of nitrogens with zero attached hydrogens (tertiary/aromatic N) is 2. The Morgan fingerprint density at radius 1 is 1.36 bits per heavy atom. The fraction of sp³-hybridized carbons (Fsp3) is 0.545. The van der Waals surface area contributed by atoms with Crippen LogP contribution in [0.5, 0.6) is 0 Å². The minimum Gasteiger partial charge on any atom is -0.383 e. The number of aromatic nitrogens is 1. The van der Waals surface area contributed by atoms with E-state index in [1.165, 1.54) is 12.0 Å². The molecule has 0 unspecified atom stereocenters. The van der Waals surface area contributed by atoms with Gasteiger partial charge in [0, 0.05) is 44.1 Å². The summed E-state index contributed by atoms with van der Waals surface area (Å²) >= 11 is 1.61. The number of benzene rings is 1. The molecule has 0 aliphatic carbocycles. The van der Waals surface area contributed by atoms with E-state index in [9.17, 15) is 4.79 Å². The van der Waals surface area contributed by atoms with Crippen LogP contribution in [0.1, 0.15) is 30.5 Å². The van der Waals surface area contributed by atoms with Gasteiger partial charge in [-0.05, 0) is 31.2 Å². The Hall–Kier alpha value is -1.76. The number of carbonyl (C=O) groups is 1. The minimum absolute atomic E-state index is 0.200. The van der Waals surface area contributed by atoms with E-state index in [0.717, 1.165) is 44.5 Å². The van der Waals surface area contributed by atoms with Gasteiger partial charge < -0.3 is 10.1 Å². The quantitative estimate of drug-likeness (QED) is 0.704. The number of ether oxygens (including phenoxy) is 1. The van der Waals surface area contributed by atoms with Crippen molar-refractivity contribution in [2.24, 2.45) is 5.41 Å². The number of carbonyl (C=O) groups excluding carboxylic acids is 1. The monoisotopic (exact) mass is 399 g/mol. The number of fused-ring (bicyclic) bond motifs is 2. The van der Waals surface area contributed by atoms with Crippen molar-refractivity contribution in [3.8, 4) is 0 Å². The number of rotatable bonds is 9. The van der Waals surface area contributed by atoms with Gasteiger partial charge in [-0.25, -0.2) is 4.98 Å². The zero-order chi connectivity index (χ0) is 19.4. The standard InChI is InChI=1S/C22H29N3O2S/c1-27-12-11-25-19-7-8-20(25)22(14-19,13-18-15-28-16-24-18)21(26)23-10-9-17-5-3-2-4-6-17/h2-6,15-16,19-20H,7-14H2,1H3,(H,23,26)/t19-,20+,22+/m1/s1. The van der Waals surface area contributed by atoms with Gasteiger partial charge in [0.05, 0.1) is 23.2 Å². The van der Waals surface area contributed by atoms with Crippen molar-refractivity contribution >= 4 is 17.2 Å². The predicted molar refractivity (Wildman–Crippen MR) is 111 cm³/mol. The first-order chi connectivity index (χ1) is 13.7. The molecular weight excluding hydrogens is 370 g/mol. The van der Waals surface area contributed by atoms with Gasteiger partial charge in [-0.15, -0.1) is 11.3 Å². The molecule has 1 amide bonds. The number of amides is 1. The Balaban J connectivity index is 1.48. The summed E-state index contributed by atoms with van der Waals surface area (Å²) in [7, 11) is 1.75. The molecule has 2 aromatic rings. The number of nitrogens with one attached hydrogen (secondary N) is 1. The van der Waals surface area contributed by atoms with Gasteiger partial charge in [-0.3, -0.25) is 9.69 Å². The minimum atomic E-state index is -0.374. The van der Waals surface area contributed by atoms with Gasteiger partial charge in [0.15, 0.2) is 0 Å². The number of methoxy groups -OCH3 is 1. The molecule has 1 aromatic heterocycles. The summed E-state index contributed by atoms with van der Waals surface area (Å²) in [5, 5.41) is 5.35. The number of hydrogen-bond acceptors (Lipinski definition) is 5. The van der Waals surface area contributed by atoms with Crippen LogP contribution >= 0.6 is 11.3 Å². The highest BCUT2D eigenvalue weighted by molar-refractivity contribution is 7.07. The number of thiazole rings is 1. The molecule has 2 aliphatic heterocycles. The summed E-state index contributed by atoms with van der Waals surface area (Å²) in [6.07, 6.45) is 4.80. The second kappa shape index (κ2) is 8.72. The van der Waals surface area contributed by atoms with Gasteiger partial charge in [0.1, 0.15) is 0 Å². The summed E-state index contributed by atoms with van der Waals surface area (Å²) in [5.41, 5.74) is 3.79. The molecule has 28 heavy (non-hydrogen) atoms. The van der Waals surface area contributed by atoms with E-state index >= 15 is 0 Å². The van der Waals surface area contributed by atoms with Crippen molar-refractivity contribution < 1.29 is 9.53 Å². The topological polar surface area (TPSA) is 54.5 Å². The van der Waals surface area contributed by atoms with Gasteiger partial charge in [0.25, 0.3) is 0 Å². The van der Waals surface area contributed by atoms with Crippen molar-refractivity contribution in [3.63, 3.8) is 0 Å². The molecule has 3 atom stereocenters. The summed E-state index contributed by atoms with van der Waals surface area (Å²) in [6.45, 7) is 2.30. The average molecular weight is 400 g/mol. The second-order valence-corrected chi connectivity index (χ2v) is 8.70. The van der Waals surface area contributed by atoms with Crippen molar-refractivity contribution in [2.75, 3.05) is 26.8 Å². The Morgan fingerprint density at radius 2 is 2.21 bits per heavy atom. The van der Waals surface area contributed by atoms with E-state index in [1.807, 2.05) is 23.7 Å². The maximum Gasteiger partial charge on any atom is 0.228 e. The van der Waals surface area contributed by atoms with Gasteiger partial charge in [-0.2, -0.15) is 0 Å². The van der Waals surface area contributed by atoms with Gasteiger partial charge >= 0.3 is 0 Å². The van der Waals surface area contributed by atoms with Crippen LogP contribution in [0.2, 0.25) is 0 Å². The molecule has 2 aliphatic rings. The highest BCUT2D eigenvalue weighted by Crippen LogP contribution is 2.51. The van der Waals surface area contributed by atoms with Crippen LogP contribution < -0.4 is 5.32 Å². The maximum absolute atomic E-state index is 13.5. The third kappa shape index (κ3) is 3.86. The summed E-state index contributed by atoms with van der Waals surface area (Å²) in [4.78, 5) is 20.5. The molecule has 2 fully saturated rings. The van der Waals surface area contributed by atoms with Crippen LogP contribution in [0, 0.1) is 5.41 Å². The molecule has 0 spiro atoms. The fourth-order valence-corrected chi connectivity index (χ4v) is 5.70. The summed E-state index contributed by atoms with van der Waals surface area (Å²) in [5.74, 6) is 0.200. The molecule has 1 N–H and O–H groups in total. The molecule has 150 valence electrons. The zero-order valence-electron chi connectivity index (χ0n) is 16.5. The van der Waals surface area contributed by atoms with E-state index in [1.54, 1.807) is 18.4 Å². The Labute approximate surface area is 171 Å². The summed E-state index contributed by atoms with van der Waals surface area (Å²) in [6, 6.07) is 11.1. The first-order valence-corrected chi connectivity index (χ1v) is 11.1. The molecule has 5 nitrogen and oxygen atoms in total. The molecule has 3 heterocycles. The van der Waals surface area contributed by atoms with E-state index in [0.29, 0.717) is 12.6 Å². The van der Waals surface area contributed by atoms with Crippen molar-refractivity contribution in [2.45, 2.75) is 44.2 Å². The van der Waals surface area contributed by atoms with Crippen LogP contribution in [-0.4, -0.2) is 54.7 Å². The third-order valence-corrected chi connectivity index (χ3v) is 7.04. The van der Waals surface area contributed by atoms with Crippen LogP contribution in [0.3, 0.4) is 0 Å². The lowest BCUT2D eigenvalue weighted by Crippen LogP contribution is -2.51. The van der Waals surface area contributed by atoms with Crippen LogP contribution in [-0.2, 0) is 22.4 Å². The highest BCUT2D eigenvalue weighted by atomic mass is 32.1. The largest absolute Gasteiger partial charge is 0.383 e. The van der Waals surface area contributed by atoms with Crippen LogP contribution in [0.4, 0.5) is 0 Å². The highest BCUT2D eigenvalue weighted by Gasteiger charge is 2.59. The van der Waals surface area contributed by atoms with E-state index in [-0.39, 0.29) is 17.4 Å². The molecule has 4 rings (SSSR count). The zero-order valence-corrected chi connectivity index (χ0v) is 17.3.